The van der Waals surface area contributed by atoms with Crippen molar-refractivity contribution in [3.05, 3.63) is 24.0 Å². The monoisotopic (exact) mass is 535 g/mol. The van der Waals surface area contributed by atoms with Gasteiger partial charge in [-0.15, -0.1) is 0 Å². The standard InChI is InChI=1S/C27H42ClN3O4Si/c1-16(2)36(17(3)4,18(5)6)31-13-11-21-24(23(34-9)14-29-26(21)31)25(32)22-15-30(12-10-19(22)7)27(33)35-20(8)28/h11,13-14,16-20,22H,10,12,15H2,1-9H3/t19-,20?,22+/m1/s1. The second-order valence-corrected chi connectivity index (χ2v) is 17.4. The third kappa shape index (κ3) is 4.91. The lowest BCUT2D eigenvalue weighted by atomic mass is 9.81. The quantitative estimate of drug-likeness (QED) is 0.208. The summed E-state index contributed by atoms with van der Waals surface area (Å²) in [6.45, 7) is 18.4. The van der Waals surface area contributed by atoms with Gasteiger partial charge in [0, 0.05) is 24.4 Å². The molecule has 0 bridgehead atoms. The van der Waals surface area contributed by atoms with E-state index >= 15 is 0 Å². The third-order valence-corrected chi connectivity index (χ3v) is 15.0. The van der Waals surface area contributed by atoms with E-state index in [0.717, 1.165) is 11.0 Å². The van der Waals surface area contributed by atoms with E-state index in [9.17, 15) is 9.59 Å². The number of halogens is 1. The largest absolute Gasteiger partial charge is 0.494 e. The Morgan fingerprint density at radius 1 is 1.11 bits per heavy atom. The number of amides is 1. The van der Waals surface area contributed by atoms with Crippen LogP contribution in [0.25, 0.3) is 11.0 Å². The first-order valence-corrected chi connectivity index (χ1v) is 15.7. The van der Waals surface area contributed by atoms with Crippen molar-refractivity contribution in [2.45, 2.75) is 84.0 Å². The molecule has 0 aromatic carbocycles. The van der Waals surface area contributed by atoms with E-state index in [-0.39, 0.29) is 17.6 Å². The van der Waals surface area contributed by atoms with E-state index in [4.69, 9.17) is 26.1 Å². The topological polar surface area (TPSA) is 73.7 Å². The van der Waals surface area contributed by atoms with E-state index in [0.29, 0.717) is 47.4 Å². The molecule has 1 unspecified atom stereocenters. The van der Waals surface area contributed by atoms with Crippen molar-refractivity contribution in [2.75, 3.05) is 20.2 Å². The summed E-state index contributed by atoms with van der Waals surface area (Å²) in [4.78, 5) is 33.1. The number of Topliss-reactive ketones (excluding diaryl/α,β-unsaturated/α-hetero) is 1. The molecule has 3 heterocycles. The number of likely N-dealkylation sites (tertiary alicyclic amines) is 1. The maximum Gasteiger partial charge on any atom is 0.411 e. The van der Waals surface area contributed by atoms with Gasteiger partial charge in [-0.25, -0.2) is 9.78 Å². The van der Waals surface area contributed by atoms with Crippen LogP contribution >= 0.6 is 11.6 Å². The Morgan fingerprint density at radius 3 is 2.25 bits per heavy atom. The van der Waals surface area contributed by atoms with Gasteiger partial charge in [-0.2, -0.15) is 0 Å². The highest BCUT2D eigenvalue weighted by atomic mass is 35.5. The lowest BCUT2D eigenvalue weighted by molar-refractivity contribution is 0.0579. The van der Waals surface area contributed by atoms with Crippen molar-refractivity contribution in [3.8, 4) is 5.75 Å². The summed E-state index contributed by atoms with van der Waals surface area (Å²) < 4.78 is 13.3. The predicted molar refractivity (Wildman–Crippen MR) is 148 cm³/mol. The molecule has 2 aromatic heterocycles. The van der Waals surface area contributed by atoms with Crippen LogP contribution in [0.5, 0.6) is 5.75 Å². The zero-order chi connectivity index (χ0) is 26.9. The molecule has 7 nitrogen and oxygen atoms in total. The number of nitrogens with zero attached hydrogens (tertiary/aromatic N) is 3. The van der Waals surface area contributed by atoms with Crippen LogP contribution in [0.1, 0.15) is 72.2 Å². The maximum atomic E-state index is 14.1. The zero-order valence-corrected chi connectivity index (χ0v) is 24.9. The Balaban J connectivity index is 2.12. The van der Waals surface area contributed by atoms with Gasteiger partial charge in [0.15, 0.2) is 19.6 Å². The van der Waals surface area contributed by atoms with Gasteiger partial charge < -0.3 is 18.6 Å². The summed E-state index contributed by atoms with van der Waals surface area (Å²) in [5, 5.41) is 0.819. The molecular weight excluding hydrogens is 494 g/mol. The van der Waals surface area contributed by atoms with Gasteiger partial charge in [-0.05, 0) is 48.1 Å². The fraction of sp³-hybridized carbons (Fsp3) is 0.667. The number of pyridine rings is 1. The van der Waals surface area contributed by atoms with Gasteiger partial charge in [-0.3, -0.25) is 4.79 Å². The van der Waals surface area contributed by atoms with Crippen LogP contribution in [0.2, 0.25) is 16.6 Å². The number of aromatic nitrogens is 2. The average Bonchev–Trinajstić information content (AvgIpc) is 3.21. The van der Waals surface area contributed by atoms with Gasteiger partial charge in [0.2, 0.25) is 0 Å². The molecule has 0 saturated carbocycles. The fourth-order valence-electron chi connectivity index (χ4n) is 6.60. The zero-order valence-electron chi connectivity index (χ0n) is 23.2. The van der Waals surface area contributed by atoms with Crippen LogP contribution in [-0.4, -0.2) is 60.0 Å². The summed E-state index contributed by atoms with van der Waals surface area (Å²) in [5.74, 6) is 0.187. The number of methoxy groups -OCH3 is 1. The van der Waals surface area contributed by atoms with Crippen LogP contribution in [0, 0.1) is 11.8 Å². The number of carbonyl (C=O) groups excluding carboxylic acids is 2. The summed E-state index contributed by atoms with van der Waals surface area (Å²) >= 11 is 5.87. The van der Waals surface area contributed by atoms with Gasteiger partial charge >= 0.3 is 6.09 Å². The van der Waals surface area contributed by atoms with E-state index in [2.05, 4.69) is 58.9 Å². The molecule has 36 heavy (non-hydrogen) atoms. The lowest BCUT2D eigenvalue weighted by Crippen LogP contribution is -2.51. The molecule has 0 spiro atoms. The van der Waals surface area contributed by atoms with E-state index < -0.39 is 19.9 Å². The number of rotatable bonds is 8. The molecule has 3 rings (SSSR count). The van der Waals surface area contributed by atoms with Gasteiger partial charge in [0.25, 0.3) is 0 Å². The van der Waals surface area contributed by atoms with Crippen LogP contribution in [0.3, 0.4) is 0 Å². The first-order chi connectivity index (χ1) is 16.9. The Kier molecular flexibility index (Phi) is 8.81. The normalized spacial score (nSPS) is 19.9. The Morgan fingerprint density at radius 2 is 1.72 bits per heavy atom. The molecule has 0 radical (unpaired) electrons. The summed E-state index contributed by atoms with van der Waals surface area (Å²) in [6.07, 6.45) is 4.04. The first-order valence-electron chi connectivity index (χ1n) is 13.1. The predicted octanol–water partition coefficient (Wildman–Crippen LogP) is 6.93. The van der Waals surface area contributed by atoms with E-state index in [1.165, 1.54) is 0 Å². The number of fused-ring (bicyclic) bond motifs is 1. The van der Waals surface area contributed by atoms with E-state index in [1.54, 1.807) is 25.1 Å². The molecule has 9 heteroatoms. The van der Waals surface area contributed by atoms with Gasteiger partial charge in [0.05, 0.1) is 18.9 Å². The summed E-state index contributed by atoms with van der Waals surface area (Å²) in [6, 6.07) is 2.03. The highest BCUT2D eigenvalue weighted by molar-refractivity contribution is 6.82. The molecule has 2 aromatic rings. The molecule has 1 saturated heterocycles. The van der Waals surface area contributed by atoms with Crippen molar-refractivity contribution in [1.82, 2.24) is 14.1 Å². The number of ketones is 1. The second-order valence-electron chi connectivity index (χ2n) is 11.1. The van der Waals surface area contributed by atoms with Crippen LogP contribution in [0.15, 0.2) is 18.5 Å². The van der Waals surface area contributed by atoms with Crippen molar-refractivity contribution < 1.29 is 19.1 Å². The van der Waals surface area contributed by atoms with Crippen LogP contribution in [-0.2, 0) is 4.74 Å². The molecular formula is C27H42ClN3O4Si. The molecule has 1 amide bonds. The first kappa shape index (κ1) is 28.5. The molecule has 1 aliphatic rings. The molecule has 1 fully saturated rings. The minimum Gasteiger partial charge on any atom is -0.494 e. The second kappa shape index (κ2) is 11.1. The number of piperidine rings is 1. The molecule has 0 aliphatic carbocycles. The lowest BCUT2D eigenvalue weighted by Gasteiger charge is -2.44. The summed E-state index contributed by atoms with van der Waals surface area (Å²) in [5.41, 5.74) is 2.13. The van der Waals surface area contributed by atoms with Crippen molar-refractivity contribution >= 4 is 42.7 Å². The summed E-state index contributed by atoms with van der Waals surface area (Å²) in [7, 11) is -0.504. The van der Waals surface area contributed by atoms with Crippen LogP contribution in [0.4, 0.5) is 4.79 Å². The number of carbonyl (C=O) groups is 2. The Labute approximate surface area is 221 Å². The maximum absolute atomic E-state index is 14.1. The van der Waals surface area contributed by atoms with Crippen molar-refractivity contribution in [1.29, 1.82) is 0 Å². The highest BCUT2D eigenvalue weighted by Crippen LogP contribution is 2.45. The average molecular weight is 536 g/mol. The smallest absolute Gasteiger partial charge is 0.411 e. The van der Waals surface area contributed by atoms with Crippen molar-refractivity contribution in [2.24, 2.45) is 11.8 Å². The van der Waals surface area contributed by atoms with Crippen molar-refractivity contribution in [3.63, 3.8) is 0 Å². The van der Waals surface area contributed by atoms with Gasteiger partial charge in [-0.1, -0.05) is 60.1 Å². The minimum absolute atomic E-state index is 0.0215. The highest BCUT2D eigenvalue weighted by Gasteiger charge is 2.46. The Hall–Kier alpha value is -2.06. The molecule has 3 atom stereocenters. The molecule has 1 aliphatic heterocycles. The number of ether oxygens (including phenoxy) is 2. The number of hydrogen-bond acceptors (Lipinski definition) is 5. The van der Waals surface area contributed by atoms with Gasteiger partial charge in [0.1, 0.15) is 11.4 Å². The molecule has 0 N–H and O–H groups in total. The van der Waals surface area contributed by atoms with E-state index in [1.807, 2.05) is 6.07 Å². The minimum atomic E-state index is -2.08. The van der Waals surface area contributed by atoms with Crippen LogP contribution < -0.4 is 4.74 Å². The number of hydrogen-bond donors (Lipinski definition) is 0. The third-order valence-electron chi connectivity index (χ3n) is 8.15. The SMILES string of the molecule is COc1cnc2c(ccn2[Si](C(C)C)(C(C)C)C(C)C)c1C(=O)[C@H]1CN(C(=O)OC(C)Cl)CC[C@H]1C. The molecule has 200 valence electrons. The fourth-order valence-corrected chi connectivity index (χ4v) is 13.2. The Bertz CT molecular complexity index is 1080. The number of alkyl halides is 1.